The highest BCUT2D eigenvalue weighted by Gasteiger charge is 2.27. The minimum absolute atomic E-state index is 0.131. The molecule has 1 saturated heterocycles. The average Bonchev–Trinajstić information content (AvgIpc) is 3.35. The number of aromatic nitrogens is 1. The van der Waals surface area contributed by atoms with Crippen LogP contribution in [0, 0.1) is 6.92 Å². The molecule has 152 valence electrons. The molecule has 0 atom stereocenters. The van der Waals surface area contributed by atoms with Gasteiger partial charge in [-0.3, -0.25) is 10.1 Å². The van der Waals surface area contributed by atoms with Crippen LogP contribution in [0.2, 0.25) is 0 Å². The number of aryl methyl sites for hydroxylation is 1. The summed E-state index contributed by atoms with van der Waals surface area (Å²) in [6.07, 6.45) is 1.78. The van der Waals surface area contributed by atoms with E-state index in [0.29, 0.717) is 34.2 Å². The second-order valence-corrected chi connectivity index (χ2v) is 9.88. The monoisotopic (exact) mass is 431 g/mol. The molecule has 0 aliphatic carbocycles. The summed E-state index contributed by atoms with van der Waals surface area (Å²) in [4.78, 5) is 16.8. The molecule has 2 heterocycles. The molecule has 9 heteroatoms. The largest absolute Gasteiger partial charge is 0.484 e. The van der Waals surface area contributed by atoms with Crippen molar-refractivity contribution in [2.24, 2.45) is 0 Å². The zero-order valence-corrected chi connectivity index (χ0v) is 17.6. The van der Waals surface area contributed by atoms with E-state index in [1.54, 1.807) is 24.3 Å². The van der Waals surface area contributed by atoms with Gasteiger partial charge in [0.25, 0.3) is 5.91 Å². The zero-order valence-electron chi connectivity index (χ0n) is 15.9. The molecule has 0 bridgehead atoms. The van der Waals surface area contributed by atoms with Crippen molar-refractivity contribution in [3.8, 4) is 5.75 Å². The molecule has 7 nitrogen and oxygen atoms in total. The van der Waals surface area contributed by atoms with Crippen molar-refractivity contribution in [2.75, 3.05) is 25.0 Å². The van der Waals surface area contributed by atoms with E-state index in [1.807, 2.05) is 25.1 Å². The Bertz CT molecular complexity index is 1150. The van der Waals surface area contributed by atoms with Gasteiger partial charge in [-0.1, -0.05) is 23.5 Å². The normalized spacial score (nSPS) is 14.9. The highest BCUT2D eigenvalue weighted by Crippen LogP contribution is 2.30. The molecule has 1 fully saturated rings. The summed E-state index contributed by atoms with van der Waals surface area (Å²) in [6, 6.07) is 12.3. The number of nitrogens with one attached hydrogen (secondary N) is 1. The third-order valence-corrected chi connectivity index (χ3v) is 7.50. The van der Waals surface area contributed by atoms with Gasteiger partial charge in [-0.05, 0) is 55.7 Å². The van der Waals surface area contributed by atoms with Gasteiger partial charge in [0.1, 0.15) is 5.75 Å². The van der Waals surface area contributed by atoms with Gasteiger partial charge in [0.15, 0.2) is 11.7 Å². The van der Waals surface area contributed by atoms with E-state index in [-0.39, 0.29) is 17.4 Å². The molecule has 29 heavy (non-hydrogen) atoms. The topological polar surface area (TPSA) is 88.6 Å². The lowest BCUT2D eigenvalue weighted by atomic mass is 10.2. The number of benzene rings is 2. The second-order valence-electron chi connectivity index (χ2n) is 6.91. The predicted octanol–water partition coefficient (Wildman–Crippen LogP) is 3.41. The second kappa shape index (κ2) is 8.10. The summed E-state index contributed by atoms with van der Waals surface area (Å²) in [5, 5.41) is 3.12. The number of rotatable bonds is 6. The van der Waals surface area contributed by atoms with Crippen LogP contribution in [0.1, 0.15) is 18.4 Å². The van der Waals surface area contributed by atoms with E-state index < -0.39 is 10.0 Å². The third kappa shape index (κ3) is 4.42. The number of thiazole rings is 1. The molecule has 0 spiro atoms. The molecular weight excluding hydrogens is 410 g/mol. The Hall–Kier alpha value is -2.49. The van der Waals surface area contributed by atoms with Crippen LogP contribution in [0.4, 0.5) is 5.13 Å². The van der Waals surface area contributed by atoms with Crippen LogP contribution in [-0.4, -0.2) is 43.3 Å². The lowest BCUT2D eigenvalue weighted by molar-refractivity contribution is -0.118. The predicted molar refractivity (Wildman–Crippen MR) is 113 cm³/mol. The summed E-state index contributed by atoms with van der Waals surface area (Å²) >= 11 is 1.24. The van der Waals surface area contributed by atoms with Crippen molar-refractivity contribution in [3.05, 3.63) is 48.0 Å². The van der Waals surface area contributed by atoms with Gasteiger partial charge in [-0.15, -0.1) is 0 Å². The fourth-order valence-electron chi connectivity index (χ4n) is 3.21. The van der Waals surface area contributed by atoms with Crippen molar-refractivity contribution >= 4 is 42.6 Å². The van der Waals surface area contributed by atoms with Gasteiger partial charge in [0.2, 0.25) is 10.0 Å². The molecule has 1 amide bonds. The Morgan fingerprint density at radius 1 is 1.21 bits per heavy atom. The van der Waals surface area contributed by atoms with Gasteiger partial charge in [-0.25, -0.2) is 13.4 Å². The summed E-state index contributed by atoms with van der Waals surface area (Å²) < 4.78 is 33.2. The first kappa shape index (κ1) is 19.8. The van der Waals surface area contributed by atoms with E-state index in [4.69, 9.17) is 4.74 Å². The number of anilines is 1. The van der Waals surface area contributed by atoms with E-state index >= 15 is 0 Å². The van der Waals surface area contributed by atoms with E-state index in [9.17, 15) is 13.2 Å². The number of amides is 1. The van der Waals surface area contributed by atoms with Gasteiger partial charge < -0.3 is 4.74 Å². The molecule has 2 aromatic carbocycles. The smallest absolute Gasteiger partial charge is 0.264 e. The van der Waals surface area contributed by atoms with Crippen molar-refractivity contribution in [1.82, 2.24) is 9.29 Å². The summed E-state index contributed by atoms with van der Waals surface area (Å²) in [5.74, 6) is 0.302. The maximum Gasteiger partial charge on any atom is 0.264 e. The fourth-order valence-corrected chi connectivity index (χ4v) is 5.75. The van der Waals surface area contributed by atoms with Gasteiger partial charge in [0.05, 0.1) is 15.1 Å². The Balaban J connectivity index is 1.45. The SMILES string of the molecule is Cc1cccc(OCC(=O)Nc2nc3ccc(S(=O)(=O)N4CCCC4)cc3s2)c1. The van der Waals surface area contributed by atoms with Crippen molar-refractivity contribution in [1.29, 1.82) is 0 Å². The standard InChI is InChI=1S/C20H21N3O4S2/c1-14-5-4-6-15(11-14)27-13-19(24)22-20-21-17-8-7-16(12-18(17)28-20)29(25,26)23-9-2-3-10-23/h4-8,11-12H,2-3,9-10,13H2,1H3,(H,21,22,24). The number of carbonyl (C=O) groups excluding carboxylic acids is 1. The quantitative estimate of drug-likeness (QED) is 0.646. The van der Waals surface area contributed by atoms with Gasteiger partial charge in [-0.2, -0.15) is 4.31 Å². The van der Waals surface area contributed by atoms with Crippen LogP contribution in [0.3, 0.4) is 0 Å². The van der Waals surface area contributed by atoms with Crippen LogP contribution in [-0.2, 0) is 14.8 Å². The molecule has 0 radical (unpaired) electrons. The number of sulfonamides is 1. The van der Waals surface area contributed by atoms with Crippen molar-refractivity contribution in [3.63, 3.8) is 0 Å². The van der Waals surface area contributed by atoms with E-state index in [2.05, 4.69) is 10.3 Å². The minimum Gasteiger partial charge on any atom is -0.484 e. The molecule has 0 saturated carbocycles. The average molecular weight is 432 g/mol. The number of hydrogen-bond donors (Lipinski definition) is 1. The minimum atomic E-state index is -3.48. The Labute approximate surface area is 173 Å². The molecule has 1 aliphatic heterocycles. The van der Waals surface area contributed by atoms with Crippen molar-refractivity contribution in [2.45, 2.75) is 24.7 Å². The highest BCUT2D eigenvalue weighted by atomic mass is 32.2. The fraction of sp³-hybridized carbons (Fsp3) is 0.300. The maximum absolute atomic E-state index is 12.7. The Kier molecular flexibility index (Phi) is 5.53. The third-order valence-electron chi connectivity index (χ3n) is 4.67. The van der Waals surface area contributed by atoms with Gasteiger partial charge >= 0.3 is 0 Å². The Morgan fingerprint density at radius 2 is 2.00 bits per heavy atom. The first-order valence-corrected chi connectivity index (χ1v) is 11.6. The zero-order chi connectivity index (χ0) is 20.4. The highest BCUT2D eigenvalue weighted by molar-refractivity contribution is 7.89. The Morgan fingerprint density at radius 3 is 2.76 bits per heavy atom. The number of carbonyl (C=O) groups is 1. The van der Waals surface area contributed by atoms with E-state index in [0.717, 1.165) is 18.4 Å². The number of hydrogen-bond acceptors (Lipinski definition) is 6. The van der Waals surface area contributed by atoms with Crippen LogP contribution in [0.5, 0.6) is 5.75 Å². The lowest BCUT2D eigenvalue weighted by Gasteiger charge is -2.15. The number of nitrogens with zero attached hydrogens (tertiary/aromatic N) is 2. The number of fused-ring (bicyclic) bond motifs is 1. The summed E-state index contributed by atoms with van der Waals surface area (Å²) in [6.45, 7) is 2.94. The van der Waals surface area contributed by atoms with Crippen LogP contribution >= 0.6 is 11.3 Å². The van der Waals surface area contributed by atoms with Gasteiger partial charge in [0, 0.05) is 13.1 Å². The maximum atomic E-state index is 12.7. The van der Waals surface area contributed by atoms with Crippen LogP contribution in [0.25, 0.3) is 10.2 Å². The van der Waals surface area contributed by atoms with Crippen LogP contribution < -0.4 is 10.1 Å². The molecule has 0 unspecified atom stereocenters. The molecule has 1 aliphatic rings. The van der Waals surface area contributed by atoms with E-state index in [1.165, 1.54) is 15.6 Å². The molecule has 1 N–H and O–H groups in total. The number of ether oxygens (including phenoxy) is 1. The molecular formula is C20H21N3O4S2. The first-order valence-electron chi connectivity index (χ1n) is 9.32. The van der Waals surface area contributed by atoms with Crippen molar-refractivity contribution < 1.29 is 17.9 Å². The molecule has 1 aromatic heterocycles. The van der Waals surface area contributed by atoms with Crippen LogP contribution in [0.15, 0.2) is 47.4 Å². The molecule has 3 aromatic rings. The molecule has 4 rings (SSSR count). The summed E-state index contributed by atoms with van der Waals surface area (Å²) in [5.41, 5.74) is 1.69. The summed E-state index contributed by atoms with van der Waals surface area (Å²) in [7, 11) is -3.48. The first-order chi connectivity index (χ1) is 13.9. The lowest BCUT2D eigenvalue weighted by Crippen LogP contribution is -2.27.